The zero-order chi connectivity index (χ0) is 17.3. The first-order valence-corrected chi connectivity index (χ1v) is 10.1. The minimum Gasteiger partial charge on any atom is -0.373 e. The van der Waals surface area contributed by atoms with Crippen LogP contribution in [0, 0.1) is 5.92 Å². The molecule has 5 heteroatoms. The molecule has 1 heterocycles. The Kier molecular flexibility index (Phi) is 9.75. The SMILES string of the molecule is CCNC(=NCC1CCCOC1c1ccccc1)NC1CCCCC1.I. The molecule has 26 heavy (non-hydrogen) atoms. The maximum atomic E-state index is 6.11. The molecule has 1 aliphatic carbocycles. The third kappa shape index (κ3) is 6.41. The van der Waals surface area contributed by atoms with Crippen LogP contribution in [0.25, 0.3) is 0 Å². The Morgan fingerprint density at radius 2 is 1.85 bits per heavy atom. The van der Waals surface area contributed by atoms with Crippen molar-refractivity contribution in [3.63, 3.8) is 0 Å². The molecular formula is C21H34IN3O. The highest BCUT2D eigenvalue weighted by molar-refractivity contribution is 14.0. The van der Waals surface area contributed by atoms with E-state index in [0.29, 0.717) is 12.0 Å². The first kappa shape index (κ1) is 21.5. The Hall–Kier alpha value is -0.820. The summed E-state index contributed by atoms with van der Waals surface area (Å²) in [7, 11) is 0. The molecule has 0 bridgehead atoms. The van der Waals surface area contributed by atoms with Crippen LogP contribution >= 0.6 is 24.0 Å². The largest absolute Gasteiger partial charge is 0.373 e. The standard InChI is InChI=1S/C21H33N3O.HI/c1-2-22-21(24-19-13-7-4-8-14-19)23-16-18-12-9-15-25-20(18)17-10-5-3-6-11-17;/h3,5-6,10-11,18-20H,2,4,7-9,12-16H2,1H3,(H2,22,23,24);1H. The number of guanidine groups is 1. The molecule has 0 aromatic heterocycles. The number of nitrogens with one attached hydrogen (secondary N) is 2. The van der Waals surface area contributed by atoms with Gasteiger partial charge in [0.1, 0.15) is 0 Å². The van der Waals surface area contributed by atoms with Gasteiger partial charge in [-0.1, -0.05) is 49.6 Å². The Morgan fingerprint density at radius 3 is 2.58 bits per heavy atom. The van der Waals surface area contributed by atoms with Gasteiger partial charge in [0, 0.05) is 31.7 Å². The van der Waals surface area contributed by atoms with Crippen molar-refractivity contribution in [1.29, 1.82) is 0 Å². The van der Waals surface area contributed by atoms with E-state index < -0.39 is 0 Å². The van der Waals surface area contributed by atoms with Crippen molar-refractivity contribution in [2.45, 2.75) is 64.0 Å². The van der Waals surface area contributed by atoms with Gasteiger partial charge in [0.05, 0.1) is 6.10 Å². The van der Waals surface area contributed by atoms with Gasteiger partial charge >= 0.3 is 0 Å². The second-order valence-corrected chi connectivity index (χ2v) is 7.30. The molecule has 3 rings (SSSR count). The molecule has 1 saturated carbocycles. The molecule has 2 fully saturated rings. The summed E-state index contributed by atoms with van der Waals surface area (Å²) in [5.74, 6) is 1.43. The van der Waals surface area contributed by atoms with Crippen LogP contribution in [0.1, 0.15) is 63.5 Å². The first-order valence-electron chi connectivity index (χ1n) is 10.1. The lowest BCUT2D eigenvalue weighted by molar-refractivity contribution is -0.0250. The van der Waals surface area contributed by atoms with Gasteiger partial charge in [-0.15, -0.1) is 24.0 Å². The number of ether oxygens (including phenoxy) is 1. The summed E-state index contributed by atoms with van der Waals surface area (Å²) >= 11 is 0. The predicted octanol–water partition coefficient (Wildman–Crippen LogP) is 4.66. The van der Waals surface area contributed by atoms with Gasteiger partial charge in [-0.05, 0) is 38.2 Å². The second-order valence-electron chi connectivity index (χ2n) is 7.30. The van der Waals surface area contributed by atoms with E-state index in [0.717, 1.165) is 32.1 Å². The number of halogens is 1. The van der Waals surface area contributed by atoms with E-state index >= 15 is 0 Å². The number of hydrogen-bond acceptors (Lipinski definition) is 2. The summed E-state index contributed by atoms with van der Waals surface area (Å²) in [6.45, 7) is 4.72. The van der Waals surface area contributed by atoms with Crippen LogP contribution in [0.5, 0.6) is 0 Å². The van der Waals surface area contributed by atoms with Crippen molar-refractivity contribution in [1.82, 2.24) is 10.6 Å². The number of aliphatic imine (C=N–C) groups is 1. The molecule has 2 unspecified atom stereocenters. The average molecular weight is 471 g/mol. The van der Waals surface area contributed by atoms with Gasteiger partial charge in [0.2, 0.25) is 0 Å². The molecule has 4 nitrogen and oxygen atoms in total. The third-order valence-corrected chi connectivity index (χ3v) is 5.35. The van der Waals surface area contributed by atoms with E-state index in [1.165, 1.54) is 44.1 Å². The molecule has 0 radical (unpaired) electrons. The molecule has 0 spiro atoms. The zero-order valence-electron chi connectivity index (χ0n) is 16.0. The highest BCUT2D eigenvalue weighted by Gasteiger charge is 2.27. The van der Waals surface area contributed by atoms with Crippen molar-refractivity contribution in [3.05, 3.63) is 35.9 Å². The Balaban J connectivity index is 0.00000243. The van der Waals surface area contributed by atoms with E-state index in [4.69, 9.17) is 9.73 Å². The highest BCUT2D eigenvalue weighted by atomic mass is 127. The van der Waals surface area contributed by atoms with Gasteiger partial charge in [-0.25, -0.2) is 0 Å². The molecule has 0 amide bonds. The summed E-state index contributed by atoms with van der Waals surface area (Å²) in [6.07, 6.45) is 9.09. The van der Waals surface area contributed by atoms with Crippen LogP contribution in [0.15, 0.2) is 35.3 Å². The molecular weight excluding hydrogens is 437 g/mol. The molecule has 1 aliphatic heterocycles. The molecule has 2 N–H and O–H groups in total. The number of hydrogen-bond donors (Lipinski definition) is 2. The zero-order valence-corrected chi connectivity index (χ0v) is 18.3. The molecule has 1 aromatic rings. The van der Waals surface area contributed by atoms with Crippen LogP contribution in [0.2, 0.25) is 0 Å². The maximum Gasteiger partial charge on any atom is 0.191 e. The van der Waals surface area contributed by atoms with E-state index in [2.05, 4.69) is 47.9 Å². The molecule has 2 atom stereocenters. The first-order chi connectivity index (χ1) is 12.4. The lowest BCUT2D eigenvalue weighted by atomic mass is 9.89. The van der Waals surface area contributed by atoms with E-state index in [-0.39, 0.29) is 30.1 Å². The fraction of sp³-hybridized carbons (Fsp3) is 0.667. The van der Waals surface area contributed by atoms with Crippen molar-refractivity contribution in [2.24, 2.45) is 10.9 Å². The predicted molar refractivity (Wildman–Crippen MR) is 119 cm³/mol. The summed E-state index contributed by atoms with van der Waals surface area (Å²) in [6, 6.07) is 11.2. The van der Waals surface area contributed by atoms with E-state index in [1.807, 2.05) is 0 Å². The van der Waals surface area contributed by atoms with Crippen molar-refractivity contribution in [2.75, 3.05) is 19.7 Å². The quantitative estimate of drug-likeness (QED) is 0.373. The van der Waals surface area contributed by atoms with Gasteiger partial charge in [0.15, 0.2) is 5.96 Å². The normalized spacial score (nSPS) is 24.6. The molecule has 2 aliphatic rings. The summed E-state index contributed by atoms with van der Waals surface area (Å²) in [4.78, 5) is 4.92. The topological polar surface area (TPSA) is 45.7 Å². The Labute approximate surface area is 175 Å². The van der Waals surface area contributed by atoms with Gasteiger partial charge in [0.25, 0.3) is 0 Å². The third-order valence-electron chi connectivity index (χ3n) is 5.35. The summed E-state index contributed by atoms with van der Waals surface area (Å²) < 4.78 is 6.11. The minimum atomic E-state index is 0. The number of rotatable bonds is 5. The van der Waals surface area contributed by atoms with Crippen LogP contribution in [0.4, 0.5) is 0 Å². The molecule has 146 valence electrons. The van der Waals surface area contributed by atoms with Crippen molar-refractivity contribution in [3.8, 4) is 0 Å². The Bertz CT molecular complexity index is 531. The summed E-state index contributed by atoms with van der Waals surface area (Å²) in [5, 5.41) is 7.07. The van der Waals surface area contributed by atoms with Crippen LogP contribution in [0.3, 0.4) is 0 Å². The number of benzene rings is 1. The number of nitrogens with zero attached hydrogens (tertiary/aromatic N) is 1. The fourth-order valence-electron chi connectivity index (χ4n) is 4.01. The minimum absolute atomic E-state index is 0. The van der Waals surface area contributed by atoms with Gasteiger partial charge in [-0.2, -0.15) is 0 Å². The van der Waals surface area contributed by atoms with Gasteiger partial charge < -0.3 is 15.4 Å². The monoisotopic (exact) mass is 471 g/mol. The Morgan fingerprint density at radius 1 is 1.08 bits per heavy atom. The summed E-state index contributed by atoms with van der Waals surface area (Å²) in [5.41, 5.74) is 1.28. The van der Waals surface area contributed by atoms with E-state index in [9.17, 15) is 0 Å². The van der Waals surface area contributed by atoms with Crippen molar-refractivity contribution < 1.29 is 4.74 Å². The lowest BCUT2D eigenvalue weighted by Crippen LogP contribution is -2.44. The maximum absolute atomic E-state index is 6.11. The molecule has 1 aromatic carbocycles. The lowest BCUT2D eigenvalue weighted by Gasteiger charge is -2.31. The fourth-order valence-corrected chi connectivity index (χ4v) is 4.01. The van der Waals surface area contributed by atoms with Crippen LogP contribution < -0.4 is 10.6 Å². The van der Waals surface area contributed by atoms with Crippen LogP contribution in [-0.2, 0) is 4.74 Å². The van der Waals surface area contributed by atoms with E-state index in [1.54, 1.807) is 0 Å². The van der Waals surface area contributed by atoms with Gasteiger partial charge in [-0.3, -0.25) is 4.99 Å². The molecule has 1 saturated heterocycles. The highest BCUT2D eigenvalue weighted by Crippen LogP contribution is 2.33. The smallest absolute Gasteiger partial charge is 0.191 e. The van der Waals surface area contributed by atoms with Crippen LogP contribution in [-0.4, -0.2) is 31.7 Å². The second kappa shape index (κ2) is 11.8. The average Bonchev–Trinajstić information content (AvgIpc) is 2.68. The van der Waals surface area contributed by atoms with Crippen molar-refractivity contribution >= 4 is 29.9 Å².